The van der Waals surface area contributed by atoms with E-state index in [4.69, 9.17) is 11.0 Å². The van der Waals surface area contributed by atoms with Crippen LogP contribution in [0.3, 0.4) is 0 Å². The number of nitrogens with zero attached hydrogens (tertiary/aromatic N) is 3. The molecule has 0 amide bonds. The minimum absolute atomic E-state index is 0.212. The van der Waals surface area contributed by atoms with E-state index in [1.807, 2.05) is 0 Å². The van der Waals surface area contributed by atoms with Gasteiger partial charge >= 0.3 is 0 Å². The first-order valence-electron chi connectivity index (χ1n) is 4.32. The molecule has 0 atom stereocenters. The summed E-state index contributed by atoms with van der Waals surface area (Å²) < 4.78 is 1.58. The monoisotopic (exact) mass is 206 g/mol. The van der Waals surface area contributed by atoms with Crippen LogP contribution in [-0.4, -0.2) is 20.1 Å². The van der Waals surface area contributed by atoms with E-state index in [0.29, 0.717) is 5.69 Å². The molecule has 2 rings (SSSR count). The first kappa shape index (κ1) is 9.63. The summed E-state index contributed by atoms with van der Waals surface area (Å²) >= 11 is 0. The highest BCUT2D eigenvalue weighted by Gasteiger charge is 2.02. The van der Waals surface area contributed by atoms with Crippen molar-refractivity contribution >= 4 is 0 Å². The van der Waals surface area contributed by atoms with E-state index >= 15 is 0 Å². The van der Waals surface area contributed by atoms with Crippen LogP contribution >= 0.6 is 0 Å². The Morgan fingerprint density at radius 2 is 2.07 bits per heavy atom. The lowest BCUT2D eigenvalue weighted by Gasteiger charge is -1.98. The molecule has 0 radical (unpaired) electrons. The van der Waals surface area contributed by atoms with Crippen LogP contribution in [0.5, 0.6) is 5.75 Å². The van der Waals surface area contributed by atoms with Gasteiger partial charge in [0.25, 0.3) is 0 Å². The van der Waals surface area contributed by atoms with E-state index in [0.717, 1.165) is 5.69 Å². The molecule has 0 fully saturated rings. The third-order valence-electron chi connectivity index (χ3n) is 1.89. The molecule has 6 heteroatoms. The first-order valence-corrected chi connectivity index (χ1v) is 4.32. The van der Waals surface area contributed by atoms with Crippen molar-refractivity contribution in [3.05, 3.63) is 36.2 Å². The van der Waals surface area contributed by atoms with Crippen molar-refractivity contribution in [2.24, 2.45) is 5.90 Å². The highest BCUT2D eigenvalue weighted by Crippen LogP contribution is 2.12. The van der Waals surface area contributed by atoms with Crippen molar-refractivity contribution in [2.75, 3.05) is 0 Å². The molecular formula is C9H10N4O2. The number of rotatable bonds is 3. The van der Waals surface area contributed by atoms with Gasteiger partial charge in [-0.05, 0) is 24.3 Å². The summed E-state index contributed by atoms with van der Waals surface area (Å²) in [6.45, 7) is 0.220. The zero-order valence-electron chi connectivity index (χ0n) is 7.87. The SMILES string of the molecule is NOCc1cn(-c2ccc(O)cc2)nn1. The molecule has 0 saturated carbocycles. The molecule has 0 aliphatic rings. The molecule has 3 N–H and O–H groups in total. The molecule has 1 aromatic heterocycles. The van der Waals surface area contributed by atoms with E-state index in [2.05, 4.69) is 15.1 Å². The topological polar surface area (TPSA) is 86.2 Å². The maximum Gasteiger partial charge on any atom is 0.115 e. The maximum atomic E-state index is 9.11. The first-order chi connectivity index (χ1) is 7.29. The summed E-state index contributed by atoms with van der Waals surface area (Å²) in [4.78, 5) is 4.44. The Bertz CT molecular complexity index is 438. The molecule has 0 unspecified atom stereocenters. The van der Waals surface area contributed by atoms with E-state index in [-0.39, 0.29) is 12.4 Å². The smallest absolute Gasteiger partial charge is 0.115 e. The second-order valence-corrected chi connectivity index (χ2v) is 2.98. The van der Waals surface area contributed by atoms with Crippen LogP contribution < -0.4 is 5.90 Å². The van der Waals surface area contributed by atoms with E-state index in [9.17, 15) is 0 Å². The van der Waals surface area contributed by atoms with E-state index < -0.39 is 0 Å². The average molecular weight is 206 g/mol. The average Bonchev–Trinajstić information content (AvgIpc) is 2.68. The van der Waals surface area contributed by atoms with Gasteiger partial charge in [-0.2, -0.15) is 0 Å². The van der Waals surface area contributed by atoms with Crippen LogP contribution in [0.25, 0.3) is 5.69 Å². The van der Waals surface area contributed by atoms with Crippen LogP contribution in [0.1, 0.15) is 5.69 Å². The predicted molar refractivity (Wildman–Crippen MR) is 52.0 cm³/mol. The minimum Gasteiger partial charge on any atom is -0.508 e. The number of hydrogen-bond acceptors (Lipinski definition) is 5. The summed E-state index contributed by atoms with van der Waals surface area (Å²) in [5, 5.41) is 16.8. The van der Waals surface area contributed by atoms with Gasteiger partial charge in [-0.15, -0.1) is 5.10 Å². The second-order valence-electron chi connectivity index (χ2n) is 2.98. The van der Waals surface area contributed by atoms with Gasteiger partial charge in [0.15, 0.2) is 0 Å². The molecule has 6 nitrogen and oxygen atoms in total. The normalized spacial score (nSPS) is 10.5. The van der Waals surface area contributed by atoms with Gasteiger partial charge in [-0.3, -0.25) is 4.84 Å². The Hall–Kier alpha value is -1.92. The zero-order chi connectivity index (χ0) is 10.7. The van der Waals surface area contributed by atoms with Gasteiger partial charge in [0.05, 0.1) is 11.9 Å². The van der Waals surface area contributed by atoms with Crippen LogP contribution in [-0.2, 0) is 11.4 Å². The lowest BCUT2D eigenvalue weighted by Crippen LogP contribution is -1.98. The van der Waals surface area contributed by atoms with Gasteiger partial charge in [0.1, 0.15) is 18.1 Å². The molecule has 0 aliphatic heterocycles. The van der Waals surface area contributed by atoms with Gasteiger partial charge in [-0.25, -0.2) is 10.6 Å². The molecule has 0 saturated heterocycles. The van der Waals surface area contributed by atoms with Crippen LogP contribution in [0.4, 0.5) is 0 Å². The Morgan fingerprint density at radius 1 is 1.33 bits per heavy atom. The summed E-state index contributed by atoms with van der Waals surface area (Å²) in [5.74, 6) is 5.13. The molecule has 15 heavy (non-hydrogen) atoms. The number of hydrogen-bond donors (Lipinski definition) is 2. The second kappa shape index (κ2) is 4.07. The summed E-state index contributed by atoms with van der Waals surface area (Å²) in [7, 11) is 0. The Morgan fingerprint density at radius 3 is 2.73 bits per heavy atom. The maximum absolute atomic E-state index is 9.11. The number of nitrogens with two attached hydrogens (primary N) is 1. The summed E-state index contributed by atoms with van der Waals surface area (Å²) in [5.41, 5.74) is 1.45. The fourth-order valence-electron chi connectivity index (χ4n) is 1.18. The van der Waals surface area contributed by atoms with Crippen molar-refractivity contribution in [1.29, 1.82) is 0 Å². The molecule has 2 aromatic rings. The van der Waals surface area contributed by atoms with Gasteiger partial charge in [0, 0.05) is 0 Å². The molecule has 78 valence electrons. The van der Waals surface area contributed by atoms with Gasteiger partial charge in [-0.1, -0.05) is 5.21 Å². The van der Waals surface area contributed by atoms with Gasteiger partial charge in [0.2, 0.25) is 0 Å². The van der Waals surface area contributed by atoms with Crippen molar-refractivity contribution in [1.82, 2.24) is 15.0 Å². The molecule has 0 aliphatic carbocycles. The number of benzene rings is 1. The standard InChI is InChI=1S/C9H10N4O2/c10-15-6-7-5-13(12-11-7)8-1-3-9(14)4-2-8/h1-5,14H,6,10H2. The third-order valence-corrected chi connectivity index (χ3v) is 1.89. The van der Waals surface area contributed by atoms with Crippen molar-refractivity contribution in [3.8, 4) is 11.4 Å². The lowest BCUT2D eigenvalue weighted by molar-refractivity contribution is 0.121. The Kier molecular flexibility index (Phi) is 2.61. The van der Waals surface area contributed by atoms with Crippen LogP contribution in [0, 0.1) is 0 Å². The zero-order valence-corrected chi connectivity index (χ0v) is 7.87. The fraction of sp³-hybridized carbons (Fsp3) is 0.111. The minimum atomic E-state index is 0.212. The molecular weight excluding hydrogens is 196 g/mol. The van der Waals surface area contributed by atoms with Crippen molar-refractivity contribution < 1.29 is 9.94 Å². The van der Waals surface area contributed by atoms with Gasteiger partial charge < -0.3 is 5.11 Å². The number of phenols is 1. The Balaban J connectivity index is 2.25. The summed E-state index contributed by atoms with van der Waals surface area (Å²) in [6.07, 6.45) is 1.71. The molecule has 0 bridgehead atoms. The fourth-order valence-corrected chi connectivity index (χ4v) is 1.18. The lowest BCUT2D eigenvalue weighted by atomic mass is 10.3. The Labute approximate surface area is 85.9 Å². The molecule has 0 spiro atoms. The highest BCUT2D eigenvalue weighted by molar-refractivity contribution is 5.35. The van der Waals surface area contributed by atoms with Crippen LogP contribution in [0.2, 0.25) is 0 Å². The predicted octanol–water partition coefficient (Wildman–Crippen LogP) is 0.363. The quantitative estimate of drug-likeness (QED) is 0.708. The van der Waals surface area contributed by atoms with Crippen LogP contribution in [0.15, 0.2) is 30.5 Å². The number of aromatic nitrogens is 3. The number of aromatic hydroxyl groups is 1. The summed E-state index contributed by atoms with van der Waals surface area (Å²) in [6, 6.07) is 6.63. The largest absolute Gasteiger partial charge is 0.508 e. The molecule has 1 aromatic carbocycles. The highest BCUT2D eigenvalue weighted by atomic mass is 16.6. The van der Waals surface area contributed by atoms with Crippen molar-refractivity contribution in [2.45, 2.75) is 6.61 Å². The van der Waals surface area contributed by atoms with E-state index in [1.165, 1.54) is 0 Å². The third kappa shape index (κ3) is 2.12. The van der Waals surface area contributed by atoms with Crippen molar-refractivity contribution in [3.63, 3.8) is 0 Å². The van der Waals surface area contributed by atoms with E-state index in [1.54, 1.807) is 35.1 Å². The molecule has 1 heterocycles. The number of phenolic OH excluding ortho intramolecular Hbond substituents is 1.